The molecular formula is C20H30N8O2. The van der Waals surface area contributed by atoms with Gasteiger partial charge in [-0.05, 0) is 19.3 Å². The van der Waals surface area contributed by atoms with E-state index in [0.717, 1.165) is 69.3 Å². The number of hydrogen-bond acceptors (Lipinski definition) is 8. The summed E-state index contributed by atoms with van der Waals surface area (Å²) in [6.07, 6.45) is 5.78. The van der Waals surface area contributed by atoms with Gasteiger partial charge in [-0.15, -0.1) is 0 Å². The maximum Gasteiger partial charge on any atom is 0.226 e. The first-order valence-electron chi connectivity index (χ1n) is 11.1. The third-order valence-corrected chi connectivity index (χ3v) is 5.98. The molecule has 0 radical (unpaired) electrons. The third-order valence-electron chi connectivity index (χ3n) is 5.98. The van der Waals surface area contributed by atoms with Crippen LogP contribution in [-0.4, -0.2) is 93.8 Å². The summed E-state index contributed by atoms with van der Waals surface area (Å²) in [7, 11) is 0. The molecule has 3 fully saturated rings. The first-order valence-corrected chi connectivity index (χ1v) is 11.1. The van der Waals surface area contributed by atoms with E-state index >= 15 is 0 Å². The van der Waals surface area contributed by atoms with E-state index in [-0.39, 0.29) is 5.91 Å². The number of amides is 1. The lowest BCUT2D eigenvalue weighted by Gasteiger charge is -2.26. The summed E-state index contributed by atoms with van der Waals surface area (Å²) < 4.78 is 7.45. The highest BCUT2D eigenvalue weighted by Crippen LogP contribution is 2.28. The van der Waals surface area contributed by atoms with Crippen LogP contribution in [0.25, 0.3) is 11.2 Å². The molecule has 2 aromatic rings. The molecule has 2 saturated heterocycles. The molecule has 2 aliphatic heterocycles. The van der Waals surface area contributed by atoms with E-state index in [0.29, 0.717) is 31.5 Å². The smallest absolute Gasteiger partial charge is 0.226 e. The summed E-state index contributed by atoms with van der Waals surface area (Å²) >= 11 is 0. The minimum atomic E-state index is 0.246. The highest BCUT2D eigenvalue weighted by molar-refractivity contribution is 5.84. The van der Waals surface area contributed by atoms with Crippen molar-refractivity contribution in [2.45, 2.75) is 38.3 Å². The van der Waals surface area contributed by atoms with Gasteiger partial charge in [-0.2, -0.15) is 9.97 Å². The van der Waals surface area contributed by atoms with Crippen molar-refractivity contribution < 1.29 is 9.53 Å². The number of imidazole rings is 1. The Kier molecular flexibility index (Phi) is 5.67. The number of rotatable bonds is 9. The van der Waals surface area contributed by atoms with Crippen molar-refractivity contribution >= 4 is 28.8 Å². The Morgan fingerprint density at radius 3 is 2.73 bits per heavy atom. The Labute approximate surface area is 176 Å². The number of anilines is 2. The molecule has 2 aromatic heterocycles. The van der Waals surface area contributed by atoms with Crippen molar-refractivity contribution in [2.24, 2.45) is 0 Å². The van der Waals surface area contributed by atoms with E-state index in [4.69, 9.17) is 14.7 Å². The predicted octanol–water partition coefficient (Wildman–Crippen LogP) is 0.767. The van der Waals surface area contributed by atoms with Crippen LogP contribution >= 0.6 is 0 Å². The number of fused-ring (bicyclic) bond motifs is 1. The Balaban J connectivity index is 1.30. The molecule has 2 N–H and O–H groups in total. The molecule has 0 unspecified atom stereocenters. The van der Waals surface area contributed by atoms with Crippen molar-refractivity contribution in [3.05, 3.63) is 6.33 Å². The van der Waals surface area contributed by atoms with Gasteiger partial charge in [0, 0.05) is 58.3 Å². The molecule has 0 aromatic carbocycles. The Bertz CT molecular complexity index is 890. The molecule has 1 amide bonds. The average Bonchev–Trinajstić information content (AvgIpc) is 3.33. The standard InChI is InChI=1S/C20H30N8O2/c29-16-2-1-6-27(16)8-9-28-14-22-17-18(23-15-3-4-15)24-20(25-19(17)28)21-5-7-26-10-12-30-13-11-26/h14-15H,1-13H2,(H2,21,23,24,25). The predicted molar refractivity (Wildman–Crippen MR) is 114 cm³/mol. The summed E-state index contributed by atoms with van der Waals surface area (Å²) in [5.74, 6) is 1.67. The van der Waals surface area contributed by atoms with Crippen molar-refractivity contribution in [3.8, 4) is 0 Å². The largest absolute Gasteiger partial charge is 0.379 e. The fourth-order valence-electron chi connectivity index (χ4n) is 4.03. The van der Waals surface area contributed by atoms with E-state index in [9.17, 15) is 4.79 Å². The van der Waals surface area contributed by atoms with Gasteiger partial charge in [-0.1, -0.05) is 0 Å². The molecular weight excluding hydrogens is 384 g/mol. The van der Waals surface area contributed by atoms with Crippen molar-refractivity contribution in [2.75, 3.05) is 63.1 Å². The average molecular weight is 415 g/mol. The van der Waals surface area contributed by atoms with Crippen LogP contribution in [0.5, 0.6) is 0 Å². The second-order valence-corrected chi connectivity index (χ2v) is 8.29. The van der Waals surface area contributed by atoms with Gasteiger partial charge in [-0.25, -0.2) is 4.98 Å². The minimum Gasteiger partial charge on any atom is -0.379 e. The molecule has 1 aliphatic carbocycles. The topological polar surface area (TPSA) is 100 Å². The number of nitrogens with zero attached hydrogens (tertiary/aromatic N) is 6. The number of ether oxygens (including phenoxy) is 1. The van der Waals surface area contributed by atoms with Gasteiger partial charge < -0.3 is 24.8 Å². The zero-order valence-corrected chi connectivity index (χ0v) is 17.3. The second kappa shape index (κ2) is 8.73. The molecule has 10 heteroatoms. The van der Waals surface area contributed by atoms with Gasteiger partial charge in [0.15, 0.2) is 17.0 Å². The lowest BCUT2D eigenvalue weighted by Crippen LogP contribution is -2.39. The fourth-order valence-corrected chi connectivity index (χ4v) is 4.03. The highest BCUT2D eigenvalue weighted by Gasteiger charge is 2.25. The summed E-state index contributed by atoms with van der Waals surface area (Å²) in [6, 6.07) is 0.483. The first kappa shape index (κ1) is 19.5. The molecule has 30 heavy (non-hydrogen) atoms. The van der Waals surface area contributed by atoms with Crippen LogP contribution in [-0.2, 0) is 16.1 Å². The monoisotopic (exact) mass is 414 g/mol. The quantitative estimate of drug-likeness (QED) is 0.621. The Hall–Kier alpha value is -2.46. The number of carbonyl (C=O) groups excluding carboxylic acids is 1. The lowest BCUT2D eigenvalue weighted by atomic mass is 10.4. The summed E-state index contributed by atoms with van der Waals surface area (Å²) in [5, 5.41) is 6.89. The molecule has 162 valence electrons. The number of aromatic nitrogens is 4. The van der Waals surface area contributed by atoms with Crippen LogP contribution < -0.4 is 10.6 Å². The van der Waals surface area contributed by atoms with Crippen molar-refractivity contribution in [3.63, 3.8) is 0 Å². The van der Waals surface area contributed by atoms with E-state index in [1.165, 1.54) is 12.8 Å². The number of nitrogens with one attached hydrogen (secondary N) is 2. The van der Waals surface area contributed by atoms with Crippen molar-refractivity contribution in [1.82, 2.24) is 29.3 Å². The minimum absolute atomic E-state index is 0.246. The maximum absolute atomic E-state index is 11.9. The van der Waals surface area contributed by atoms with Crippen LogP contribution in [0.1, 0.15) is 25.7 Å². The van der Waals surface area contributed by atoms with E-state index in [2.05, 4.69) is 20.5 Å². The summed E-state index contributed by atoms with van der Waals surface area (Å²) in [5.41, 5.74) is 1.61. The SMILES string of the molecule is O=C1CCCN1CCn1cnc2c(NC3CC3)nc(NCCN3CCOCC3)nc21. The van der Waals surface area contributed by atoms with Crippen molar-refractivity contribution in [1.29, 1.82) is 0 Å². The fraction of sp³-hybridized carbons (Fsp3) is 0.700. The molecule has 5 rings (SSSR count). The Morgan fingerprint density at radius 2 is 1.97 bits per heavy atom. The lowest BCUT2D eigenvalue weighted by molar-refractivity contribution is -0.127. The van der Waals surface area contributed by atoms with Gasteiger partial charge >= 0.3 is 0 Å². The van der Waals surface area contributed by atoms with E-state index in [1.54, 1.807) is 0 Å². The van der Waals surface area contributed by atoms with E-state index < -0.39 is 0 Å². The molecule has 0 spiro atoms. The highest BCUT2D eigenvalue weighted by atomic mass is 16.5. The number of likely N-dealkylation sites (tertiary alicyclic amines) is 1. The zero-order chi connectivity index (χ0) is 20.3. The van der Waals surface area contributed by atoms with Gasteiger partial charge in [-0.3, -0.25) is 9.69 Å². The molecule has 1 saturated carbocycles. The second-order valence-electron chi connectivity index (χ2n) is 8.29. The van der Waals surface area contributed by atoms with Gasteiger partial charge in [0.25, 0.3) is 0 Å². The third kappa shape index (κ3) is 4.49. The van der Waals surface area contributed by atoms with Gasteiger partial charge in [0.05, 0.1) is 19.5 Å². The molecule has 3 aliphatic rings. The van der Waals surface area contributed by atoms with Crippen LogP contribution in [0, 0.1) is 0 Å². The van der Waals surface area contributed by atoms with E-state index in [1.807, 2.05) is 15.8 Å². The summed E-state index contributed by atoms with van der Waals surface area (Å²) in [6.45, 7) is 7.50. The maximum atomic E-state index is 11.9. The number of carbonyl (C=O) groups is 1. The van der Waals surface area contributed by atoms with Crippen LogP contribution in [0.2, 0.25) is 0 Å². The van der Waals surface area contributed by atoms with Crippen LogP contribution in [0.4, 0.5) is 11.8 Å². The number of hydrogen-bond donors (Lipinski definition) is 2. The Morgan fingerprint density at radius 1 is 1.10 bits per heavy atom. The van der Waals surface area contributed by atoms with Crippen LogP contribution in [0.15, 0.2) is 6.33 Å². The first-order chi connectivity index (χ1) is 14.8. The van der Waals surface area contributed by atoms with Gasteiger partial charge in [0.2, 0.25) is 11.9 Å². The van der Waals surface area contributed by atoms with Gasteiger partial charge in [0.1, 0.15) is 0 Å². The normalized spacial score (nSPS) is 20.3. The zero-order valence-electron chi connectivity index (χ0n) is 17.3. The summed E-state index contributed by atoms with van der Waals surface area (Å²) in [4.78, 5) is 30.3. The molecule has 4 heterocycles. The van der Waals surface area contributed by atoms with Crippen LogP contribution in [0.3, 0.4) is 0 Å². The number of morpholine rings is 1. The molecule has 10 nitrogen and oxygen atoms in total. The molecule has 0 atom stereocenters. The molecule has 0 bridgehead atoms.